The standard InChI is InChI=1S/C15H24O2/c1-2-3-4-7-13-17-15-11-6-5-9-14(15)10-8-12-16/h5-6,9,11,16H,2-4,7-8,10,12-13H2,1H3. The lowest BCUT2D eigenvalue weighted by Crippen LogP contribution is -2.01. The number of para-hydroxylation sites is 1. The molecule has 1 aromatic carbocycles. The molecule has 1 rings (SSSR count). The van der Waals surface area contributed by atoms with Crippen LogP contribution in [0.25, 0.3) is 0 Å². The van der Waals surface area contributed by atoms with Crippen LogP contribution in [0.15, 0.2) is 24.3 Å². The third-order valence-corrected chi connectivity index (χ3v) is 2.83. The van der Waals surface area contributed by atoms with Gasteiger partial charge < -0.3 is 9.84 Å². The first-order valence-electron chi connectivity index (χ1n) is 6.70. The van der Waals surface area contributed by atoms with Gasteiger partial charge >= 0.3 is 0 Å². The summed E-state index contributed by atoms with van der Waals surface area (Å²) in [5.41, 5.74) is 1.21. The van der Waals surface area contributed by atoms with E-state index in [0.717, 1.165) is 31.6 Å². The predicted molar refractivity (Wildman–Crippen MR) is 71.5 cm³/mol. The number of unbranched alkanes of at least 4 members (excludes halogenated alkanes) is 3. The minimum absolute atomic E-state index is 0.241. The second-order valence-electron chi connectivity index (χ2n) is 4.34. The molecule has 0 saturated carbocycles. The van der Waals surface area contributed by atoms with Gasteiger partial charge in [0.05, 0.1) is 6.61 Å². The molecule has 2 heteroatoms. The van der Waals surface area contributed by atoms with Gasteiger partial charge in [-0.15, -0.1) is 0 Å². The van der Waals surface area contributed by atoms with Crippen molar-refractivity contribution in [1.82, 2.24) is 0 Å². The Morgan fingerprint density at radius 1 is 1.06 bits per heavy atom. The van der Waals surface area contributed by atoms with Crippen LogP contribution in [0.5, 0.6) is 5.75 Å². The molecule has 1 N–H and O–H groups in total. The zero-order valence-corrected chi connectivity index (χ0v) is 10.8. The minimum atomic E-state index is 0.241. The molecule has 0 amide bonds. The van der Waals surface area contributed by atoms with Crippen molar-refractivity contribution in [1.29, 1.82) is 0 Å². The van der Waals surface area contributed by atoms with Gasteiger partial charge in [-0.1, -0.05) is 44.4 Å². The fourth-order valence-electron chi connectivity index (χ4n) is 1.83. The van der Waals surface area contributed by atoms with E-state index in [0.29, 0.717) is 0 Å². The SMILES string of the molecule is CCCCCCOc1ccccc1CCCO. The average molecular weight is 236 g/mol. The molecular formula is C15H24O2. The van der Waals surface area contributed by atoms with Crippen molar-refractivity contribution in [2.45, 2.75) is 45.4 Å². The number of ether oxygens (including phenoxy) is 1. The molecule has 0 atom stereocenters. The van der Waals surface area contributed by atoms with Gasteiger partial charge in [0.25, 0.3) is 0 Å². The molecule has 2 nitrogen and oxygen atoms in total. The molecule has 0 aliphatic rings. The molecule has 0 radical (unpaired) electrons. The molecule has 0 unspecified atom stereocenters. The first-order valence-corrected chi connectivity index (χ1v) is 6.70. The van der Waals surface area contributed by atoms with Crippen molar-refractivity contribution in [3.8, 4) is 5.75 Å². The predicted octanol–water partition coefficient (Wildman–Crippen LogP) is 3.57. The molecule has 0 spiro atoms. The van der Waals surface area contributed by atoms with E-state index in [1.54, 1.807) is 0 Å². The molecule has 0 fully saturated rings. The van der Waals surface area contributed by atoms with Gasteiger partial charge in [0.2, 0.25) is 0 Å². The highest BCUT2D eigenvalue weighted by atomic mass is 16.5. The second kappa shape index (κ2) is 9.06. The number of rotatable bonds is 9. The molecule has 1 aromatic rings. The van der Waals surface area contributed by atoms with E-state index < -0.39 is 0 Å². The van der Waals surface area contributed by atoms with E-state index in [4.69, 9.17) is 9.84 Å². The summed E-state index contributed by atoms with van der Waals surface area (Å²) >= 11 is 0. The third kappa shape index (κ3) is 5.73. The van der Waals surface area contributed by atoms with Crippen LogP contribution in [0.3, 0.4) is 0 Å². The lowest BCUT2D eigenvalue weighted by Gasteiger charge is -2.10. The minimum Gasteiger partial charge on any atom is -0.493 e. The first kappa shape index (κ1) is 14.0. The quantitative estimate of drug-likeness (QED) is 0.664. The van der Waals surface area contributed by atoms with Crippen LogP contribution in [-0.4, -0.2) is 18.3 Å². The maximum absolute atomic E-state index is 8.85. The maximum Gasteiger partial charge on any atom is 0.122 e. The monoisotopic (exact) mass is 236 g/mol. The summed E-state index contributed by atoms with van der Waals surface area (Å²) in [6, 6.07) is 8.13. The Balaban J connectivity index is 2.35. The van der Waals surface area contributed by atoms with Gasteiger partial charge in [-0.2, -0.15) is 0 Å². The van der Waals surface area contributed by atoms with Gasteiger partial charge in [0.1, 0.15) is 5.75 Å². The summed E-state index contributed by atoms with van der Waals surface area (Å²) in [4.78, 5) is 0. The second-order valence-corrected chi connectivity index (χ2v) is 4.34. The molecular weight excluding hydrogens is 212 g/mol. The molecule has 0 aliphatic heterocycles. The number of aliphatic hydroxyl groups excluding tert-OH is 1. The smallest absolute Gasteiger partial charge is 0.122 e. The largest absolute Gasteiger partial charge is 0.493 e. The Labute approximate surface area is 105 Å². The van der Waals surface area contributed by atoms with E-state index in [-0.39, 0.29) is 6.61 Å². The molecule has 0 heterocycles. The van der Waals surface area contributed by atoms with Gasteiger partial charge in [0, 0.05) is 6.61 Å². The van der Waals surface area contributed by atoms with Crippen LogP contribution in [0.4, 0.5) is 0 Å². The van der Waals surface area contributed by atoms with Crippen LogP contribution in [-0.2, 0) is 6.42 Å². The molecule has 0 bridgehead atoms. The molecule has 96 valence electrons. The van der Waals surface area contributed by atoms with Crippen LogP contribution >= 0.6 is 0 Å². The van der Waals surface area contributed by atoms with E-state index >= 15 is 0 Å². The summed E-state index contributed by atoms with van der Waals surface area (Å²) in [6.07, 6.45) is 6.61. The zero-order chi connectivity index (χ0) is 12.3. The van der Waals surface area contributed by atoms with E-state index in [1.807, 2.05) is 18.2 Å². The van der Waals surface area contributed by atoms with Crippen LogP contribution in [0.1, 0.15) is 44.6 Å². The number of hydrogen-bond acceptors (Lipinski definition) is 2. The van der Waals surface area contributed by atoms with Crippen molar-refractivity contribution in [2.75, 3.05) is 13.2 Å². The average Bonchev–Trinajstić information content (AvgIpc) is 2.37. The first-order chi connectivity index (χ1) is 8.38. The Hall–Kier alpha value is -1.02. The van der Waals surface area contributed by atoms with E-state index in [2.05, 4.69) is 13.0 Å². The fraction of sp³-hybridized carbons (Fsp3) is 0.600. The van der Waals surface area contributed by atoms with Crippen molar-refractivity contribution in [3.05, 3.63) is 29.8 Å². The van der Waals surface area contributed by atoms with Gasteiger partial charge in [-0.25, -0.2) is 0 Å². The van der Waals surface area contributed by atoms with E-state index in [9.17, 15) is 0 Å². The van der Waals surface area contributed by atoms with Gasteiger partial charge in [0.15, 0.2) is 0 Å². The third-order valence-electron chi connectivity index (χ3n) is 2.83. The lowest BCUT2D eigenvalue weighted by molar-refractivity contribution is 0.283. The van der Waals surface area contributed by atoms with Crippen LogP contribution in [0.2, 0.25) is 0 Å². The molecule has 0 aliphatic carbocycles. The maximum atomic E-state index is 8.85. The lowest BCUT2D eigenvalue weighted by atomic mass is 10.1. The van der Waals surface area contributed by atoms with E-state index in [1.165, 1.54) is 24.8 Å². The Morgan fingerprint density at radius 3 is 2.65 bits per heavy atom. The molecule has 0 saturated heterocycles. The normalized spacial score (nSPS) is 10.5. The Bertz CT molecular complexity index is 297. The van der Waals surface area contributed by atoms with Crippen LogP contribution < -0.4 is 4.74 Å². The highest BCUT2D eigenvalue weighted by molar-refractivity contribution is 5.33. The number of aliphatic hydroxyl groups is 1. The number of aryl methyl sites for hydroxylation is 1. The Kier molecular flexibility index (Phi) is 7.48. The molecule has 17 heavy (non-hydrogen) atoms. The zero-order valence-electron chi connectivity index (χ0n) is 10.8. The van der Waals surface area contributed by atoms with Crippen molar-refractivity contribution in [2.24, 2.45) is 0 Å². The summed E-state index contributed by atoms with van der Waals surface area (Å²) in [5.74, 6) is 0.984. The summed E-state index contributed by atoms with van der Waals surface area (Å²) < 4.78 is 5.80. The van der Waals surface area contributed by atoms with Gasteiger partial charge in [-0.05, 0) is 30.9 Å². The number of benzene rings is 1. The van der Waals surface area contributed by atoms with Crippen molar-refractivity contribution in [3.63, 3.8) is 0 Å². The van der Waals surface area contributed by atoms with Crippen molar-refractivity contribution >= 4 is 0 Å². The van der Waals surface area contributed by atoms with Crippen molar-refractivity contribution < 1.29 is 9.84 Å². The van der Waals surface area contributed by atoms with Crippen LogP contribution in [0, 0.1) is 0 Å². The summed E-state index contributed by atoms with van der Waals surface area (Å²) in [5, 5.41) is 8.85. The summed E-state index contributed by atoms with van der Waals surface area (Å²) in [6.45, 7) is 3.26. The Morgan fingerprint density at radius 2 is 1.88 bits per heavy atom. The fourth-order valence-corrected chi connectivity index (χ4v) is 1.83. The number of hydrogen-bond donors (Lipinski definition) is 1. The topological polar surface area (TPSA) is 29.5 Å². The molecule has 0 aromatic heterocycles. The van der Waals surface area contributed by atoms with Gasteiger partial charge in [-0.3, -0.25) is 0 Å². The highest BCUT2D eigenvalue weighted by Gasteiger charge is 2.02. The highest BCUT2D eigenvalue weighted by Crippen LogP contribution is 2.19. The summed E-state index contributed by atoms with van der Waals surface area (Å²) in [7, 11) is 0.